The van der Waals surface area contributed by atoms with Gasteiger partial charge in [-0.05, 0) is 59.0 Å². The molecule has 0 bridgehead atoms. The molecule has 3 nitrogen and oxygen atoms in total. The zero-order chi connectivity index (χ0) is 13.1. The Morgan fingerprint density at radius 2 is 1.89 bits per heavy atom. The molecule has 0 heterocycles. The van der Waals surface area contributed by atoms with Crippen molar-refractivity contribution in [3.8, 4) is 6.07 Å². The highest BCUT2D eigenvalue weighted by Crippen LogP contribution is 2.28. The van der Waals surface area contributed by atoms with Gasteiger partial charge in [-0.3, -0.25) is 0 Å². The zero-order valence-electron chi connectivity index (χ0n) is 9.24. The van der Waals surface area contributed by atoms with E-state index in [2.05, 4.69) is 49.9 Å². The molecule has 2 aromatic rings. The number of nitrogen functional groups attached to an aromatic ring is 1. The maximum absolute atomic E-state index is 9.09. The van der Waals surface area contributed by atoms with Gasteiger partial charge in [0.2, 0.25) is 0 Å². The van der Waals surface area contributed by atoms with Crippen molar-refractivity contribution in [2.75, 3.05) is 11.1 Å². The summed E-state index contributed by atoms with van der Waals surface area (Å²) in [6.07, 6.45) is 0. The number of nitriles is 1. The molecule has 0 saturated carbocycles. The minimum Gasteiger partial charge on any atom is -0.397 e. The summed E-state index contributed by atoms with van der Waals surface area (Å²) in [5.41, 5.74) is 8.71. The van der Waals surface area contributed by atoms with Crippen molar-refractivity contribution in [3.05, 3.63) is 50.0 Å². The predicted octanol–water partition coefficient (Wildman–Crippen LogP) is 4.25. The van der Waals surface area contributed by atoms with Crippen LogP contribution in [0.3, 0.4) is 0 Å². The molecule has 0 spiro atoms. The summed E-state index contributed by atoms with van der Waals surface area (Å²) in [5, 5.41) is 12.3. The van der Waals surface area contributed by atoms with Crippen molar-refractivity contribution in [2.24, 2.45) is 0 Å². The Bertz CT molecular complexity index is 635. The van der Waals surface area contributed by atoms with Gasteiger partial charge >= 0.3 is 0 Å². The average Bonchev–Trinajstić information content (AvgIpc) is 2.34. The van der Waals surface area contributed by atoms with Gasteiger partial charge in [0.15, 0.2) is 0 Å². The number of benzene rings is 2. The van der Waals surface area contributed by atoms with Crippen LogP contribution in [-0.4, -0.2) is 0 Å². The van der Waals surface area contributed by atoms with Crippen LogP contribution in [0.4, 0.5) is 17.1 Å². The van der Waals surface area contributed by atoms with Crippen molar-refractivity contribution < 1.29 is 0 Å². The van der Waals surface area contributed by atoms with Crippen LogP contribution in [0.25, 0.3) is 0 Å². The predicted molar refractivity (Wildman–Crippen MR) is 85.7 cm³/mol. The third-order valence-electron chi connectivity index (χ3n) is 2.39. The number of halogens is 2. The summed E-state index contributed by atoms with van der Waals surface area (Å²) in [5.74, 6) is 0. The fraction of sp³-hybridized carbons (Fsp3) is 0. The molecule has 2 aromatic carbocycles. The first-order valence-electron chi connectivity index (χ1n) is 5.12. The minimum absolute atomic E-state index is 0.572. The molecular formula is C13H9BrIN3. The van der Waals surface area contributed by atoms with Crippen LogP contribution in [0.1, 0.15) is 5.56 Å². The third-order valence-corrected chi connectivity index (χ3v) is 3.55. The molecule has 18 heavy (non-hydrogen) atoms. The highest BCUT2D eigenvalue weighted by Gasteiger charge is 2.05. The summed E-state index contributed by atoms with van der Waals surface area (Å²) < 4.78 is 1.95. The highest BCUT2D eigenvalue weighted by molar-refractivity contribution is 14.1. The van der Waals surface area contributed by atoms with E-state index in [1.165, 1.54) is 0 Å². The molecule has 0 aromatic heterocycles. The summed E-state index contributed by atoms with van der Waals surface area (Å²) in [6, 6.07) is 13.4. The monoisotopic (exact) mass is 413 g/mol. The molecule has 0 aliphatic heterocycles. The standard InChI is InChI=1S/C13H9BrIN3/c14-9-1-3-12(8(5-9)7-16)18-13-4-2-10(15)6-11(13)17/h1-6,18H,17H2. The van der Waals surface area contributed by atoms with Crippen molar-refractivity contribution in [1.82, 2.24) is 0 Å². The largest absolute Gasteiger partial charge is 0.397 e. The topological polar surface area (TPSA) is 61.8 Å². The van der Waals surface area contributed by atoms with Crippen LogP contribution < -0.4 is 11.1 Å². The first-order valence-corrected chi connectivity index (χ1v) is 6.99. The fourth-order valence-corrected chi connectivity index (χ4v) is 2.39. The van der Waals surface area contributed by atoms with Gasteiger partial charge in [-0.2, -0.15) is 5.26 Å². The Balaban J connectivity index is 2.37. The summed E-state index contributed by atoms with van der Waals surface area (Å²) in [7, 11) is 0. The maximum atomic E-state index is 9.09. The average molecular weight is 414 g/mol. The molecule has 5 heteroatoms. The Hall–Kier alpha value is -1.26. The van der Waals surface area contributed by atoms with Crippen molar-refractivity contribution in [1.29, 1.82) is 5.26 Å². The molecule has 0 saturated heterocycles. The lowest BCUT2D eigenvalue weighted by Gasteiger charge is -2.11. The SMILES string of the molecule is N#Cc1cc(Br)ccc1Nc1ccc(I)cc1N. The summed E-state index contributed by atoms with van der Waals surface area (Å²) >= 11 is 5.55. The molecule has 3 N–H and O–H groups in total. The second-order valence-corrected chi connectivity index (χ2v) is 5.82. The van der Waals surface area contributed by atoms with E-state index in [9.17, 15) is 0 Å². The second kappa shape index (κ2) is 5.59. The van der Waals surface area contributed by atoms with Gasteiger partial charge in [0.25, 0.3) is 0 Å². The van der Waals surface area contributed by atoms with Crippen molar-refractivity contribution >= 4 is 55.6 Å². The van der Waals surface area contributed by atoms with Crippen molar-refractivity contribution in [2.45, 2.75) is 0 Å². The smallest absolute Gasteiger partial charge is 0.101 e. The molecule has 0 aliphatic carbocycles. The maximum Gasteiger partial charge on any atom is 0.101 e. The van der Waals surface area contributed by atoms with E-state index in [0.717, 1.165) is 19.4 Å². The lowest BCUT2D eigenvalue weighted by molar-refractivity contribution is 1.45. The van der Waals surface area contributed by atoms with Gasteiger partial charge in [-0.15, -0.1) is 0 Å². The van der Waals surface area contributed by atoms with Crippen molar-refractivity contribution in [3.63, 3.8) is 0 Å². The minimum atomic E-state index is 0.572. The van der Waals surface area contributed by atoms with E-state index in [4.69, 9.17) is 11.0 Å². The summed E-state index contributed by atoms with van der Waals surface area (Å²) in [4.78, 5) is 0. The Kier molecular flexibility index (Phi) is 4.09. The zero-order valence-corrected chi connectivity index (χ0v) is 13.0. The van der Waals surface area contributed by atoms with Crippen LogP contribution >= 0.6 is 38.5 Å². The van der Waals surface area contributed by atoms with E-state index in [-0.39, 0.29) is 0 Å². The number of nitrogens with one attached hydrogen (secondary N) is 1. The number of hydrogen-bond acceptors (Lipinski definition) is 3. The van der Waals surface area contributed by atoms with E-state index >= 15 is 0 Å². The van der Waals surface area contributed by atoms with Gasteiger partial charge in [0.1, 0.15) is 6.07 Å². The number of nitrogens with zero attached hydrogens (tertiary/aromatic N) is 1. The number of anilines is 3. The quantitative estimate of drug-likeness (QED) is 0.571. The number of rotatable bonds is 2. The van der Waals surface area contributed by atoms with Gasteiger partial charge < -0.3 is 11.1 Å². The van der Waals surface area contributed by atoms with Crippen LogP contribution in [0.2, 0.25) is 0 Å². The van der Waals surface area contributed by atoms with E-state index in [1.807, 2.05) is 30.3 Å². The number of nitrogens with two attached hydrogens (primary N) is 1. The molecule has 0 aliphatic rings. The van der Waals surface area contributed by atoms with Crippen LogP contribution in [0, 0.1) is 14.9 Å². The van der Waals surface area contributed by atoms with Gasteiger partial charge in [0.05, 0.1) is 22.6 Å². The van der Waals surface area contributed by atoms with Crippen LogP contribution in [-0.2, 0) is 0 Å². The van der Waals surface area contributed by atoms with Gasteiger partial charge in [-0.1, -0.05) is 15.9 Å². The molecule has 0 fully saturated rings. The Morgan fingerprint density at radius 3 is 2.56 bits per heavy atom. The molecule has 90 valence electrons. The van der Waals surface area contributed by atoms with Crippen LogP contribution in [0.15, 0.2) is 40.9 Å². The Labute approximate surface area is 127 Å². The molecule has 0 unspecified atom stereocenters. The first-order chi connectivity index (χ1) is 8.60. The van der Waals surface area contributed by atoms with Gasteiger partial charge in [-0.25, -0.2) is 0 Å². The molecule has 2 rings (SSSR count). The van der Waals surface area contributed by atoms with E-state index < -0.39 is 0 Å². The normalized spacial score (nSPS) is 9.83. The molecular weight excluding hydrogens is 405 g/mol. The lowest BCUT2D eigenvalue weighted by Crippen LogP contribution is -1.98. The molecule has 0 radical (unpaired) electrons. The Morgan fingerprint density at radius 1 is 1.17 bits per heavy atom. The third kappa shape index (κ3) is 2.94. The fourth-order valence-electron chi connectivity index (χ4n) is 1.51. The van der Waals surface area contributed by atoms with Gasteiger partial charge in [0, 0.05) is 8.04 Å². The lowest BCUT2D eigenvalue weighted by atomic mass is 10.2. The first kappa shape index (κ1) is 13.2. The second-order valence-electron chi connectivity index (χ2n) is 3.66. The van der Waals surface area contributed by atoms with E-state index in [1.54, 1.807) is 6.07 Å². The van der Waals surface area contributed by atoms with Crippen LogP contribution in [0.5, 0.6) is 0 Å². The molecule has 0 amide bonds. The summed E-state index contributed by atoms with van der Waals surface area (Å²) in [6.45, 7) is 0. The van der Waals surface area contributed by atoms with E-state index in [0.29, 0.717) is 11.3 Å². The highest BCUT2D eigenvalue weighted by atomic mass is 127. The molecule has 0 atom stereocenters. The number of hydrogen-bond donors (Lipinski definition) is 2.